The maximum absolute atomic E-state index is 14.9. The molecular formula is C28H29FN2O4+2. The van der Waals surface area contributed by atoms with Crippen LogP contribution in [0.5, 0.6) is 0 Å². The lowest BCUT2D eigenvalue weighted by Crippen LogP contribution is -3.06. The summed E-state index contributed by atoms with van der Waals surface area (Å²) in [6.45, 7) is 2.01. The highest BCUT2D eigenvalue weighted by atomic mass is 19.1. The highest BCUT2D eigenvalue weighted by Crippen LogP contribution is 2.19. The molecule has 2 aromatic carbocycles. The largest absolute Gasteiger partial charge is 0.465 e. The first-order valence-corrected chi connectivity index (χ1v) is 11.4. The van der Waals surface area contributed by atoms with Crippen molar-refractivity contribution < 1.29 is 33.2 Å². The van der Waals surface area contributed by atoms with Crippen LogP contribution in [0.2, 0.25) is 0 Å². The van der Waals surface area contributed by atoms with Crippen LogP contribution in [0.15, 0.2) is 85.3 Å². The zero-order valence-electron chi connectivity index (χ0n) is 19.8. The Hall–Kier alpha value is -3.65. The number of halogens is 1. The molecule has 3 aromatic rings. The fourth-order valence-corrected chi connectivity index (χ4v) is 4.03. The van der Waals surface area contributed by atoms with E-state index in [2.05, 4.69) is 0 Å². The topological polar surface area (TPSA) is 64.1 Å². The minimum absolute atomic E-state index is 0.281. The number of pyridine rings is 1. The summed E-state index contributed by atoms with van der Waals surface area (Å²) in [7, 11) is 2.81. The van der Waals surface area contributed by atoms with Crippen LogP contribution < -0.4 is 9.47 Å². The Morgan fingerprint density at radius 1 is 1.09 bits per heavy atom. The number of aromatic nitrogens is 1. The molecule has 4 rings (SSSR count). The predicted octanol–water partition coefficient (Wildman–Crippen LogP) is 2.58. The van der Waals surface area contributed by atoms with Crippen molar-refractivity contribution in [3.63, 3.8) is 0 Å². The van der Waals surface area contributed by atoms with Crippen molar-refractivity contribution in [1.82, 2.24) is 0 Å². The van der Waals surface area contributed by atoms with Gasteiger partial charge in [0, 0.05) is 35.4 Å². The molecule has 6 nitrogen and oxygen atoms in total. The monoisotopic (exact) mass is 476 g/mol. The zero-order valence-corrected chi connectivity index (χ0v) is 19.8. The highest BCUT2D eigenvalue weighted by Gasteiger charge is 2.17. The van der Waals surface area contributed by atoms with Crippen LogP contribution in [0.4, 0.5) is 4.39 Å². The SMILES string of the molecule is COC(=O)c1ccc(C[NH+]2C=CC(c3cc[n+](Cc4ccc(C(O)OC)cc4)cc3F)=CC2)cc1. The van der Waals surface area contributed by atoms with E-state index in [1.165, 1.54) is 25.3 Å². The maximum Gasteiger partial charge on any atom is 0.337 e. The van der Waals surface area contributed by atoms with Crippen LogP contribution in [-0.2, 0) is 22.6 Å². The van der Waals surface area contributed by atoms with Gasteiger partial charge in [0.25, 0.3) is 0 Å². The molecule has 1 aliphatic heterocycles. The standard InChI is InChI=1S/C28H28FN2O4/c1-34-27(32)23-7-3-20(4-8-23)17-30-14-11-22(12-15-30)25-13-16-31(19-26(25)29)18-21-5-9-24(10-6-21)28(33)35-2/h3-14,16,19,28,33H,15,17-18H2,1-2H3/q+1/p+1. The van der Waals surface area contributed by atoms with Gasteiger partial charge in [-0.15, -0.1) is 0 Å². The first kappa shape index (κ1) is 24.5. The average Bonchev–Trinajstić information content (AvgIpc) is 2.89. The van der Waals surface area contributed by atoms with Crippen molar-refractivity contribution in [2.75, 3.05) is 20.8 Å². The molecule has 0 radical (unpaired) electrons. The second-order valence-corrected chi connectivity index (χ2v) is 8.43. The van der Waals surface area contributed by atoms with Gasteiger partial charge in [-0.1, -0.05) is 36.4 Å². The van der Waals surface area contributed by atoms with Crippen molar-refractivity contribution in [1.29, 1.82) is 0 Å². The number of hydrogen-bond donors (Lipinski definition) is 2. The number of rotatable bonds is 8. The van der Waals surface area contributed by atoms with Gasteiger partial charge in [-0.3, -0.25) is 0 Å². The van der Waals surface area contributed by atoms with Crippen molar-refractivity contribution in [2.24, 2.45) is 0 Å². The summed E-state index contributed by atoms with van der Waals surface area (Å²) < 4.78 is 26.4. The Bertz CT molecular complexity index is 1240. The minimum atomic E-state index is -0.949. The number of quaternary nitrogens is 1. The highest BCUT2D eigenvalue weighted by molar-refractivity contribution is 5.89. The van der Waals surface area contributed by atoms with E-state index in [-0.39, 0.29) is 11.8 Å². The third kappa shape index (κ3) is 6.08. The Kier molecular flexibility index (Phi) is 7.82. The van der Waals surface area contributed by atoms with Crippen LogP contribution in [0, 0.1) is 5.82 Å². The van der Waals surface area contributed by atoms with Gasteiger partial charge in [-0.25, -0.2) is 4.79 Å². The molecule has 2 heterocycles. The molecule has 0 aliphatic carbocycles. The molecule has 0 amide bonds. The second-order valence-electron chi connectivity index (χ2n) is 8.43. The quantitative estimate of drug-likeness (QED) is 0.298. The Labute approximate surface area is 204 Å². The van der Waals surface area contributed by atoms with Crippen molar-refractivity contribution in [3.8, 4) is 0 Å². The summed E-state index contributed by atoms with van der Waals surface area (Å²) in [5, 5.41) is 9.72. The van der Waals surface area contributed by atoms with E-state index in [9.17, 15) is 14.3 Å². The maximum atomic E-state index is 14.9. The van der Waals surface area contributed by atoms with E-state index in [0.717, 1.165) is 29.8 Å². The number of benzene rings is 2. The van der Waals surface area contributed by atoms with Gasteiger partial charge in [-0.05, 0) is 29.9 Å². The molecule has 1 aromatic heterocycles. The van der Waals surface area contributed by atoms with Gasteiger partial charge >= 0.3 is 5.97 Å². The van der Waals surface area contributed by atoms with Crippen molar-refractivity contribution >= 4 is 11.5 Å². The molecule has 0 fully saturated rings. The molecule has 35 heavy (non-hydrogen) atoms. The molecule has 0 saturated heterocycles. The van der Waals surface area contributed by atoms with Crippen molar-refractivity contribution in [2.45, 2.75) is 19.4 Å². The molecule has 2 atom stereocenters. The van der Waals surface area contributed by atoms with Crippen molar-refractivity contribution in [3.05, 3.63) is 119 Å². The second kappa shape index (κ2) is 11.2. The molecule has 180 valence electrons. The third-order valence-electron chi connectivity index (χ3n) is 6.02. The molecule has 1 aliphatic rings. The lowest BCUT2D eigenvalue weighted by Gasteiger charge is -2.18. The summed E-state index contributed by atoms with van der Waals surface area (Å²) >= 11 is 0. The van der Waals surface area contributed by atoms with Crippen LogP contribution in [0.25, 0.3) is 5.57 Å². The fourth-order valence-electron chi connectivity index (χ4n) is 4.03. The number of ether oxygens (including phenoxy) is 2. The first-order chi connectivity index (χ1) is 17.0. The predicted molar refractivity (Wildman–Crippen MR) is 129 cm³/mol. The summed E-state index contributed by atoms with van der Waals surface area (Å²) in [6.07, 6.45) is 8.46. The van der Waals surface area contributed by atoms with Gasteiger partial charge in [0.15, 0.2) is 24.8 Å². The Morgan fingerprint density at radius 2 is 1.80 bits per heavy atom. The fraction of sp³-hybridized carbons (Fsp3) is 0.214. The zero-order chi connectivity index (χ0) is 24.8. The van der Waals surface area contributed by atoms with E-state index < -0.39 is 6.29 Å². The van der Waals surface area contributed by atoms with E-state index in [1.54, 1.807) is 34.9 Å². The number of aliphatic hydroxyl groups is 1. The van der Waals surface area contributed by atoms with Crippen LogP contribution in [-0.4, -0.2) is 31.8 Å². The summed E-state index contributed by atoms with van der Waals surface area (Å²) in [6, 6.07) is 16.6. The molecule has 0 bridgehead atoms. The van der Waals surface area contributed by atoms with Gasteiger partial charge in [0.05, 0.1) is 18.9 Å². The van der Waals surface area contributed by atoms with E-state index in [1.807, 2.05) is 48.8 Å². The van der Waals surface area contributed by atoms with Gasteiger partial charge in [0.2, 0.25) is 6.20 Å². The van der Waals surface area contributed by atoms with E-state index in [0.29, 0.717) is 23.2 Å². The number of nitrogens with one attached hydrogen (secondary N) is 1. The number of allylic oxidation sites excluding steroid dienone is 2. The number of aliphatic hydroxyl groups excluding tert-OH is 1. The normalized spacial score (nSPS) is 16.0. The Morgan fingerprint density at radius 3 is 2.40 bits per heavy atom. The molecule has 2 unspecified atom stereocenters. The molecular weight excluding hydrogens is 447 g/mol. The molecule has 0 saturated carbocycles. The van der Waals surface area contributed by atoms with Crippen LogP contribution >= 0.6 is 0 Å². The van der Waals surface area contributed by atoms with Gasteiger partial charge in [-0.2, -0.15) is 8.96 Å². The summed E-state index contributed by atoms with van der Waals surface area (Å²) in [4.78, 5) is 12.8. The Balaban J connectivity index is 1.37. The number of esters is 1. The number of carbonyl (C=O) groups is 1. The van der Waals surface area contributed by atoms with Crippen LogP contribution in [0.1, 0.15) is 38.9 Å². The third-order valence-corrected chi connectivity index (χ3v) is 6.02. The minimum Gasteiger partial charge on any atom is -0.465 e. The summed E-state index contributed by atoms with van der Waals surface area (Å²) in [5.74, 6) is -0.628. The number of methoxy groups -OCH3 is 2. The van der Waals surface area contributed by atoms with E-state index in [4.69, 9.17) is 9.47 Å². The molecule has 2 N–H and O–H groups in total. The number of hydrogen-bond acceptors (Lipinski definition) is 4. The van der Waals surface area contributed by atoms with Gasteiger partial charge in [0.1, 0.15) is 13.1 Å². The lowest BCUT2D eigenvalue weighted by atomic mass is 10.0. The molecule has 0 spiro atoms. The van der Waals surface area contributed by atoms with E-state index >= 15 is 0 Å². The average molecular weight is 477 g/mol. The number of nitrogens with zero attached hydrogens (tertiary/aromatic N) is 1. The summed E-state index contributed by atoms with van der Waals surface area (Å²) in [5.41, 5.74) is 4.72. The first-order valence-electron chi connectivity index (χ1n) is 11.4. The smallest absolute Gasteiger partial charge is 0.337 e. The van der Waals surface area contributed by atoms with Crippen LogP contribution in [0.3, 0.4) is 0 Å². The molecule has 7 heteroatoms. The lowest BCUT2D eigenvalue weighted by molar-refractivity contribution is -0.855. The van der Waals surface area contributed by atoms with Gasteiger partial charge < -0.3 is 19.5 Å². The number of carbonyl (C=O) groups excluding carboxylic acids is 1.